The number of carbonyl (C=O) groups excluding carboxylic acids is 2. The number of hydrogen-bond acceptors (Lipinski definition) is 4. The molecule has 1 aromatic carbocycles. The van der Waals surface area contributed by atoms with Crippen LogP contribution in [0.15, 0.2) is 40.8 Å². The molecule has 0 amide bonds. The zero-order chi connectivity index (χ0) is 20.4. The number of allylic oxidation sites excluding steroid dienone is 1. The molecular weight excluding hydrogens is 378 g/mol. The van der Waals surface area contributed by atoms with E-state index in [0.29, 0.717) is 41.0 Å². The second-order valence-corrected chi connectivity index (χ2v) is 11.5. The van der Waals surface area contributed by atoms with Crippen LogP contribution in [-0.4, -0.2) is 16.8 Å². The van der Waals surface area contributed by atoms with Gasteiger partial charge in [0.1, 0.15) is 5.78 Å². The summed E-state index contributed by atoms with van der Waals surface area (Å²) in [6.45, 7) is 4.65. The summed E-state index contributed by atoms with van der Waals surface area (Å²) in [7, 11) is 0. The molecule has 5 rings (SSSR count). The van der Waals surface area contributed by atoms with E-state index in [1.165, 1.54) is 10.5 Å². The van der Waals surface area contributed by atoms with Crippen molar-refractivity contribution in [3.63, 3.8) is 0 Å². The van der Waals surface area contributed by atoms with Crippen molar-refractivity contribution in [2.45, 2.75) is 68.9 Å². The Bertz CT molecular complexity index is 891. The van der Waals surface area contributed by atoms with Crippen molar-refractivity contribution in [1.82, 2.24) is 0 Å². The summed E-state index contributed by atoms with van der Waals surface area (Å²) in [6.07, 6.45) is 8.54. The van der Waals surface area contributed by atoms with Crippen molar-refractivity contribution in [3.8, 4) is 0 Å². The van der Waals surface area contributed by atoms with E-state index in [9.17, 15) is 9.59 Å². The van der Waals surface area contributed by atoms with Crippen molar-refractivity contribution in [1.29, 1.82) is 0 Å². The lowest BCUT2D eigenvalue weighted by atomic mass is 9.47. The minimum atomic E-state index is -0.136. The van der Waals surface area contributed by atoms with Gasteiger partial charge >= 0.3 is 0 Å². The number of carbonyl (C=O) groups is 2. The lowest BCUT2D eigenvalue weighted by molar-refractivity contribution is -0.132. The number of fused-ring (bicyclic) bond motifs is 5. The maximum absolute atomic E-state index is 12.8. The Kier molecular flexibility index (Phi) is 4.51. The zero-order valence-electron chi connectivity index (χ0n) is 17.4. The molecule has 0 bridgehead atoms. The molecule has 0 aromatic heterocycles. The van der Waals surface area contributed by atoms with Crippen LogP contribution >= 0.6 is 11.8 Å². The average Bonchev–Trinajstić information content (AvgIpc) is 3.00. The number of thioether (sulfide) groups is 1. The van der Waals surface area contributed by atoms with Gasteiger partial charge in [0.2, 0.25) is 0 Å². The zero-order valence-corrected chi connectivity index (χ0v) is 18.3. The second-order valence-electron chi connectivity index (χ2n) is 10.2. The first-order valence-corrected chi connectivity index (χ1v) is 12.0. The Morgan fingerprint density at radius 2 is 1.69 bits per heavy atom. The van der Waals surface area contributed by atoms with Gasteiger partial charge in [-0.25, -0.2) is 0 Å². The van der Waals surface area contributed by atoms with E-state index in [4.69, 9.17) is 5.73 Å². The highest BCUT2D eigenvalue weighted by molar-refractivity contribution is 8.00. The average molecular weight is 410 g/mol. The first-order valence-electron chi connectivity index (χ1n) is 11.1. The fourth-order valence-corrected chi connectivity index (χ4v) is 8.56. The van der Waals surface area contributed by atoms with Gasteiger partial charge in [-0.1, -0.05) is 19.4 Å². The fraction of sp³-hybridized carbons (Fsp3) is 0.600. The van der Waals surface area contributed by atoms with Gasteiger partial charge < -0.3 is 5.73 Å². The Labute approximate surface area is 177 Å². The number of nitrogens with two attached hydrogens (primary N) is 1. The molecule has 6 atom stereocenters. The van der Waals surface area contributed by atoms with Crippen LogP contribution in [0.1, 0.15) is 58.8 Å². The van der Waals surface area contributed by atoms with Gasteiger partial charge in [0.25, 0.3) is 0 Å². The van der Waals surface area contributed by atoms with E-state index in [0.717, 1.165) is 44.2 Å². The standard InChI is InChI=1S/C25H31NO2S/c1-24-11-9-17(27)13-15(24)14-21(29-18-5-3-16(26)4-6-18)23-19-7-8-22(28)25(19,2)12-10-20(23)24/h3-6,13,19-21,23H,7-12,14,26H2,1-2H3. The minimum absolute atomic E-state index is 0.129. The minimum Gasteiger partial charge on any atom is -0.399 e. The van der Waals surface area contributed by atoms with Crippen LogP contribution < -0.4 is 5.73 Å². The summed E-state index contributed by atoms with van der Waals surface area (Å²) in [5.74, 6) is 2.38. The number of ketones is 2. The first-order chi connectivity index (χ1) is 13.8. The number of anilines is 1. The summed E-state index contributed by atoms with van der Waals surface area (Å²) in [5, 5.41) is 0.421. The van der Waals surface area contributed by atoms with Gasteiger partial charge in [0.15, 0.2) is 5.78 Å². The Balaban J connectivity index is 1.56. The molecule has 4 aliphatic rings. The van der Waals surface area contributed by atoms with Gasteiger partial charge in [-0.15, -0.1) is 11.8 Å². The Morgan fingerprint density at radius 1 is 0.966 bits per heavy atom. The topological polar surface area (TPSA) is 60.2 Å². The molecule has 1 aromatic rings. The van der Waals surface area contributed by atoms with Crippen molar-refractivity contribution in [2.24, 2.45) is 28.6 Å². The molecular formula is C25H31NO2S. The van der Waals surface area contributed by atoms with Gasteiger partial charge in [-0.2, -0.15) is 0 Å². The lowest BCUT2D eigenvalue weighted by Crippen LogP contribution is -2.54. The van der Waals surface area contributed by atoms with E-state index in [2.05, 4.69) is 26.0 Å². The van der Waals surface area contributed by atoms with E-state index >= 15 is 0 Å². The lowest BCUT2D eigenvalue weighted by Gasteiger charge is -2.59. The summed E-state index contributed by atoms with van der Waals surface area (Å²) >= 11 is 1.94. The molecule has 29 heavy (non-hydrogen) atoms. The Hall–Kier alpha value is -1.55. The van der Waals surface area contributed by atoms with Gasteiger partial charge in [0, 0.05) is 34.1 Å². The van der Waals surface area contributed by atoms with E-state index < -0.39 is 0 Å². The van der Waals surface area contributed by atoms with Gasteiger partial charge in [0.05, 0.1) is 0 Å². The van der Waals surface area contributed by atoms with Crippen molar-refractivity contribution in [2.75, 3.05) is 5.73 Å². The number of rotatable bonds is 2. The van der Waals surface area contributed by atoms with Crippen molar-refractivity contribution < 1.29 is 9.59 Å². The molecule has 4 heteroatoms. The summed E-state index contributed by atoms with van der Waals surface area (Å²) in [6, 6.07) is 8.18. The van der Waals surface area contributed by atoms with Gasteiger partial charge in [-0.3, -0.25) is 9.59 Å². The van der Waals surface area contributed by atoms with E-state index in [1.807, 2.05) is 30.0 Å². The molecule has 3 nitrogen and oxygen atoms in total. The molecule has 0 heterocycles. The quantitative estimate of drug-likeness (QED) is 0.661. The molecule has 0 aliphatic heterocycles. The van der Waals surface area contributed by atoms with Crippen LogP contribution in [0.4, 0.5) is 5.69 Å². The maximum Gasteiger partial charge on any atom is 0.155 e. The van der Waals surface area contributed by atoms with Gasteiger partial charge in [-0.05, 0) is 85.6 Å². The SMILES string of the molecule is CC12CCC3C(C(Sc4ccc(N)cc4)CC4=CC(=O)CCC43C)C1CCC2=O. The molecule has 3 saturated carbocycles. The van der Waals surface area contributed by atoms with Crippen LogP contribution in [0.5, 0.6) is 0 Å². The van der Waals surface area contributed by atoms with Crippen LogP contribution in [-0.2, 0) is 9.59 Å². The molecule has 2 N–H and O–H groups in total. The Morgan fingerprint density at radius 3 is 2.45 bits per heavy atom. The molecule has 0 spiro atoms. The monoisotopic (exact) mass is 409 g/mol. The fourth-order valence-electron chi connectivity index (χ4n) is 7.11. The normalized spacial score (nSPS) is 41.4. The third-order valence-electron chi connectivity index (χ3n) is 8.84. The van der Waals surface area contributed by atoms with Crippen molar-refractivity contribution in [3.05, 3.63) is 35.9 Å². The largest absolute Gasteiger partial charge is 0.399 e. The van der Waals surface area contributed by atoms with Crippen LogP contribution in [0.2, 0.25) is 0 Å². The number of hydrogen-bond donors (Lipinski definition) is 1. The highest BCUT2D eigenvalue weighted by Gasteiger charge is 2.61. The van der Waals surface area contributed by atoms with Crippen LogP contribution in [0.25, 0.3) is 0 Å². The molecule has 3 fully saturated rings. The molecule has 154 valence electrons. The van der Waals surface area contributed by atoms with Crippen LogP contribution in [0, 0.1) is 28.6 Å². The maximum atomic E-state index is 12.8. The number of benzene rings is 1. The second kappa shape index (κ2) is 6.73. The van der Waals surface area contributed by atoms with Crippen LogP contribution in [0.3, 0.4) is 0 Å². The highest BCUT2D eigenvalue weighted by Crippen LogP contribution is 2.66. The smallest absolute Gasteiger partial charge is 0.155 e. The summed E-state index contributed by atoms with van der Waals surface area (Å²) in [4.78, 5) is 26.3. The number of Topliss-reactive ketones (excluding diaryl/α,β-unsaturated/α-hetero) is 1. The third kappa shape index (κ3) is 2.93. The number of nitrogen functional groups attached to an aromatic ring is 1. The summed E-state index contributed by atoms with van der Waals surface area (Å²) < 4.78 is 0. The molecule has 4 aliphatic carbocycles. The van der Waals surface area contributed by atoms with E-state index in [-0.39, 0.29) is 10.8 Å². The molecule has 6 unspecified atom stereocenters. The molecule has 0 radical (unpaired) electrons. The third-order valence-corrected chi connectivity index (χ3v) is 10.2. The predicted molar refractivity (Wildman–Crippen MR) is 118 cm³/mol. The first kappa shape index (κ1) is 19.4. The van der Waals surface area contributed by atoms with E-state index in [1.54, 1.807) is 0 Å². The molecule has 0 saturated heterocycles. The van der Waals surface area contributed by atoms with Crippen molar-refractivity contribution >= 4 is 29.0 Å². The highest BCUT2D eigenvalue weighted by atomic mass is 32.2. The summed E-state index contributed by atoms with van der Waals surface area (Å²) in [5.41, 5.74) is 8.05. The predicted octanol–water partition coefficient (Wildman–Crippen LogP) is 5.44.